The standard InChI is InChI=1S/C18H22O3S/c1-13(22-12-18(9-19)10-21-11-18)14-3-4-16-8-17(20-2)6-5-15(16)7-14/h3-8,13,19H,9-12H2,1-2H3. The summed E-state index contributed by atoms with van der Waals surface area (Å²) >= 11 is 1.89. The molecule has 1 unspecified atom stereocenters. The Morgan fingerprint density at radius 2 is 1.95 bits per heavy atom. The van der Waals surface area contributed by atoms with Crippen molar-refractivity contribution in [3.8, 4) is 5.75 Å². The van der Waals surface area contributed by atoms with Crippen molar-refractivity contribution in [2.75, 3.05) is 32.7 Å². The number of hydrogen-bond acceptors (Lipinski definition) is 4. The van der Waals surface area contributed by atoms with E-state index in [0.717, 1.165) is 11.5 Å². The maximum absolute atomic E-state index is 9.51. The Bertz CT molecular complexity index is 646. The Hall–Kier alpha value is -1.23. The van der Waals surface area contributed by atoms with Gasteiger partial charge in [0.25, 0.3) is 0 Å². The fourth-order valence-corrected chi connectivity index (χ4v) is 3.83. The van der Waals surface area contributed by atoms with Crippen molar-refractivity contribution in [2.24, 2.45) is 5.41 Å². The van der Waals surface area contributed by atoms with Crippen LogP contribution in [0.2, 0.25) is 0 Å². The lowest BCUT2D eigenvalue weighted by Crippen LogP contribution is -2.47. The molecule has 1 atom stereocenters. The highest BCUT2D eigenvalue weighted by atomic mass is 32.2. The number of thioether (sulfide) groups is 1. The summed E-state index contributed by atoms with van der Waals surface area (Å²) in [6.07, 6.45) is 0. The third-order valence-corrected chi connectivity index (χ3v) is 5.88. The van der Waals surface area contributed by atoms with Crippen LogP contribution in [-0.2, 0) is 4.74 Å². The van der Waals surface area contributed by atoms with Crippen molar-refractivity contribution >= 4 is 22.5 Å². The number of hydrogen-bond donors (Lipinski definition) is 1. The van der Waals surface area contributed by atoms with E-state index in [1.54, 1.807) is 7.11 Å². The molecule has 1 fully saturated rings. The lowest BCUT2D eigenvalue weighted by Gasteiger charge is -2.40. The monoisotopic (exact) mass is 318 g/mol. The first-order valence-electron chi connectivity index (χ1n) is 7.54. The summed E-state index contributed by atoms with van der Waals surface area (Å²) < 4.78 is 10.5. The zero-order valence-electron chi connectivity index (χ0n) is 13.0. The third kappa shape index (κ3) is 3.09. The molecular weight excluding hydrogens is 296 g/mol. The van der Waals surface area contributed by atoms with Crippen molar-refractivity contribution in [1.29, 1.82) is 0 Å². The number of benzene rings is 2. The minimum Gasteiger partial charge on any atom is -0.497 e. The van der Waals surface area contributed by atoms with Crippen LogP contribution in [0.5, 0.6) is 5.75 Å². The molecule has 2 aromatic rings. The van der Waals surface area contributed by atoms with E-state index in [1.165, 1.54) is 16.3 Å². The molecule has 0 radical (unpaired) electrons. The number of fused-ring (bicyclic) bond motifs is 1. The molecule has 1 aliphatic rings. The van der Waals surface area contributed by atoms with Gasteiger partial charge in [0.2, 0.25) is 0 Å². The highest BCUT2D eigenvalue weighted by Gasteiger charge is 2.38. The molecule has 1 saturated heterocycles. The van der Waals surface area contributed by atoms with Crippen LogP contribution in [0.4, 0.5) is 0 Å². The lowest BCUT2D eigenvalue weighted by atomic mass is 9.90. The quantitative estimate of drug-likeness (QED) is 0.882. The van der Waals surface area contributed by atoms with Crippen LogP contribution in [0.3, 0.4) is 0 Å². The van der Waals surface area contributed by atoms with E-state index >= 15 is 0 Å². The predicted octanol–water partition coefficient (Wildman–Crippen LogP) is 3.65. The summed E-state index contributed by atoms with van der Waals surface area (Å²) in [6, 6.07) is 12.7. The van der Waals surface area contributed by atoms with Crippen molar-refractivity contribution < 1.29 is 14.6 Å². The maximum atomic E-state index is 9.51. The zero-order valence-corrected chi connectivity index (χ0v) is 13.9. The first kappa shape index (κ1) is 15.7. The van der Waals surface area contributed by atoms with Gasteiger partial charge >= 0.3 is 0 Å². The zero-order chi connectivity index (χ0) is 15.6. The largest absolute Gasteiger partial charge is 0.497 e. The van der Waals surface area contributed by atoms with Crippen LogP contribution in [0.25, 0.3) is 10.8 Å². The van der Waals surface area contributed by atoms with Crippen molar-refractivity contribution in [3.05, 3.63) is 42.0 Å². The molecule has 0 aromatic heterocycles. The fraction of sp³-hybridized carbons (Fsp3) is 0.444. The molecule has 0 amide bonds. The number of aliphatic hydroxyl groups excluding tert-OH is 1. The molecule has 118 valence electrons. The van der Waals surface area contributed by atoms with Crippen LogP contribution in [0, 0.1) is 5.41 Å². The van der Waals surface area contributed by atoms with Crippen LogP contribution in [0.1, 0.15) is 17.7 Å². The highest BCUT2D eigenvalue weighted by Crippen LogP contribution is 2.38. The van der Waals surface area contributed by atoms with E-state index in [4.69, 9.17) is 9.47 Å². The molecule has 0 aliphatic carbocycles. The van der Waals surface area contributed by atoms with Gasteiger partial charge in [0.05, 0.1) is 26.9 Å². The molecule has 4 heteroatoms. The van der Waals surface area contributed by atoms with Gasteiger partial charge in [-0.1, -0.05) is 24.3 Å². The van der Waals surface area contributed by atoms with Crippen molar-refractivity contribution in [1.82, 2.24) is 0 Å². The number of methoxy groups -OCH3 is 1. The van der Waals surface area contributed by atoms with Crippen LogP contribution < -0.4 is 4.74 Å². The van der Waals surface area contributed by atoms with Gasteiger partial charge in [-0.2, -0.15) is 11.8 Å². The summed E-state index contributed by atoms with van der Waals surface area (Å²) in [7, 11) is 1.69. The van der Waals surface area contributed by atoms with Gasteiger partial charge in [-0.15, -0.1) is 0 Å². The van der Waals surface area contributed by atoms with Gasteiger partial charge in [-0.25, -0.2) is 0 Å². The highest BCUT2D eigenvalue weighted by molar-refractivity contribution is 7.99. The summed E-state index contributed by atoms with van der Waals surface area (Å²) in [5.74, 6) is 1.82. The summed E-state index contributed by atoms with van der Waals surface area (Å²) in [5, 5.41) is 12.3. The van der Waals surface area contributed by atoms with Gasteiger partial charge in [0.15, 0.2) is 0 Å². The van der Waals surface area contributed by atoms with Crippen LogP contribution in [-0.4, -0.2) is 37.8 Å². The summed E-state index contributed by atoms with van der Waals surface area (Å²) in [5.41, 5.74) is 1.29. The molecule has 3 nitrogen and oxygen atoms in total. The smallest absolute Gasteiger partial charge is 0.119 e. The number of rotatable bonds is 6. The first-order chi connectivity index (χ1) is 10.7. The number of aliphatic hydroxyl groups is 1. The lowest BCUT2D eigenvalue weighted by molar-refractivity contribution is -0.121. The van der Waals surface area contributed by atoms with Crippen LogP contribution in [0.15, 0.2) is 36.4 Å². The minimum absolute atomic E-state index is 0.0247. The Labute approximate surface area is 135 Å². The van der Waals surface area contributed by atoms with E-state index in [0.29, 0.717) is 18.5 Å². The molecule has 0 spiro atoms. The summed E-state index contributed by atoms with van der Waals surface area (Å²) in [6.45, 7) is 3.80. The average Bonchev–Trinajstić information content (AvgIpc) is 2.53. The number of ether oxygens (including phenoxy) is 2. The van der Waals surface area contributed by atoms with Crippen LogP contribution >= 0.6 is 11.8 Å². The Morgan fingerprint density at radius 1 is 1.23 bits per heavy atom. The van der Waals surface area contributed by atoms with E-state index in [-0.39, 0.29) is 12.0 Å². The van der Waals surface area contributed by atoms with Gasteiger partial charge in [0, 0.05) is 16.4 Å². The molecule has 0 saturated carbocycles. The SMILES string of the molecule is COc1ccc2cc(C(C)SCC3(CO)COC3)ccc2c1. The Kier molecular flexibility index (Phi) is 4.62. The molecule has 0 bridgehead atoms. The van der Waals surface area contributed by atoms with E-state index in [2.05, 4.69) is 37.3 Å². The second kappa shape index (κ2) is 6.49. The molecule has 2 aromatic carbocycles. The fourth-order valence-electron chi connectivity index (χ4n) is 2.63. The van der Waals surface area contributed by atoms with Gasteiger partial charge in [-0.3, -0.25) is 0 Å². The van der Waals surface area contributed by atoms with E-state index < -0.39 is 0 Å². The predicted molar refractivity (Wildman–Crippen MR) is 91.7 cm³/mol. The average molecular weight is 318 g/mol. The van der Waals surface area contributed by atoms with Gasteiger partial charge in [0.1, 0.15) is 5.75 Å². The van der Waals surface area contributed by atoms with Crippen molar-refractivity contribution in [3.63, 3.8) is 0 Å². The molecule has 22 heavy (non-hydrogen) atoms. The minimum atomic E-state index is -0.0247. The topological polar surface area (TPSA) is 38.7 Å². The first-order valence-corrected chi connectivity index (χ1v) is 8.59. The molecule has 1 heterocycles. The summed E-state index contributed by atoms with van der Waals surface area (Å²) in [4.78, 5) is 0. The van der Waals surface area contributed by atoms with Crippen molar-refractivity contribution in [2.45, 2.75) is 12.2 Å². The third-order valence-electron chi connectivity index (χ3n) is 4.33. The molecule has 1 aliphatic heterocycles. The molecule has 1 N–H and O–H groups in total. The van der Waals surface area contributed by atoms with E-state index in [1.807, 2.05) is 17.8 Å². The Balaban J connectivity index is 1.72. The Morgan fingerprint density at radius 3 is 2.59 bits per heavy atom. The normalized spacial score (nSPS) is 18.0. The van der Waals surface area contributed by atoms with Gasteiger partial charge < -0.3 is 14.6 Å². The second-order valence-electron chi connectivity index (χ2n) is 6.08. The van der Waals surface area contributed by atoms with E-state index in [9.17, 15) is 5.11 Å². The maximum Gasteiger partial charge on any atom is 0.119 e. The van der Waals surface area contributed by atoms with Gasteiger partial charge in [-0.05, 0) is 35.4 Å². The second-order valence-corrected chi connectivity index (χ2v) is 7.41. The molecular formula is C18H22O3S. The molecule has 3 rings (SSSR count).